The Kier molecular flexibility index (Phi) is 4.35. The number of sulfonamides is 1. The van der Waals surface area contributed by atoms with Gasteiger partial charge in [0.25, 0.3) is 5.91 Å². The molecule has 0 radical (unpaired) electrons. The summed E-state index contributed by atoms with van der Waals surface area (Å²) in [6, 6.07) is 0. The summed E-state index contributed by atoms with van der Waals surface area (Å²) >= 11 is 0. The highest BCUT2D eigenvalue weighted by atomic mass is 32.2. The van der Waals surface area contributed by atoms with Crippen LogP contribution in [-0.2, 0) is 14.8 Å². The van der Waals surface area contributed by atoms with Crippen molar-refractivity contribution >= 4 is 21.8 Å². The first kappa shape index (κ1) is 16.6. The van der Waals surface area contributed by atoms with E-state index in [2.05, 4.69) is 18.8 Å². The van der Waals surface area contributed by atoms with E-state index in [0.29, 0.717) is 31.8 Å². The van der Waals surface area contributed by atoms with Crippen LogP contribution in [0.1, 0.15) is 45.4 Å². The minimum atomic E-state index is -3.41. The molecular formula is C16H25N3O3S. The van der Waals surface area contributed by atoms with Crippen LogP contribution in [0.5, 0.6) is 0 Å². The standard InChI is InChI=1S/C16H25N3O3S/c1-3-23(21,22)19-10-8-16(9-11-19)15(20)17-14(18-16)13-6-4-12(2)5-7-13/h3,12-13H,1,4-11H2,2H3,(H,17,18,20). The molecule has 1 N–H and O–H groups in total. The van der Waals surface area contributed by atoms with Gasteiger partial charge >= 0.3 is 0 Å². The van der Waals surface area contributed by atoms with Crippen LogP contribution in [0.3, 0.4) is 0 Å². The Morgan fingerprint density at radius 1 is 1.26 bits per heavy atom. The van der Waals surface area contributed by atoms with Crippen molar-refractivity contribution in [3.05, 3.63) is 12.0 Å². The molecule has 7 heteroatoms. The van der Waals surface area contributed by atoms with Crippen molar-refractivity contribution in [2.45, 2.75) is 51.0 Å². The summed E-state index contributed by atoms with van der Waals surface area (Å²) in [7, 11) is -3.41. The molecule has 2 aliphatic heterocycles. The molecule has 3 aliphatic rings. The number of rotatable bonds is 3. The third kappa shape index (κ3) is 3.08. The fraction of sp³-hybridized carbons (Fsp3) is 0.750. The fourth-order valence-electron chi connectivity index (χ4n) is 3.82. The van der Waals surface area contributed by atoms with Gasteiger partial charge in [-0.25, -0.2) is 8.42 Å². The number of nitrogens with one attached hydrogen (secondary N) is 1. The number of carbonyl (C=O) groups is 1. The summed E-state index contributed by atoms with van der Waals surface area (Å²) in [5.41, 5.74) is -0.758. The predicted molar refractivity (Wildman–Crippen MR) is 89.4 cm³/mol. The summed E-state index contributed by atoms with van der Waals surface area (Å²) in [5, 5.41) is 3.96. The van der Waals surface area contributed by atoms with Gasteiger partial charge in [0.2, 0.25) is 10.0 Å². The van der Waals surface area contributed by atoms with Crippen LogP contribution in [0.2, 0.25) is 0 Å². The molecule has 0 bridgehead atoms. The lowest BCUT2D eigenvalue weighted by atomic mass is 9.82. The van der Waals surface area contributed by atoms with Crippen LogP contribution in [0.25, 0.3) is 0 Å². The normalized spacial score (nSPS) is 31.7. The lowest BCUT2D eigenvalue weighted by molar-refractivity contribution is -0.124. The zero-order valence-corrected chi connectivity index (χ0v) is 14.4. The highest BCUT2D eigenvalue weighted by molar-refractivity contribution is 7.92. The van der Waals surface area contributed by atoms with Gasteiger partial charge < -0.3 is 5.32 Å². The van der Waals surface area contributed by atoms with Gasteiger partial charge in [0, 0.05) is 24.4 Å². The van der Waals surface area contributed by atoms with E-state index < -0.39 is 15.6 Å². The van der Waals surface area contributed by atoms with Gasteiger partial charge in [0.05, 0.1) is 0 Å². The van der Waals surface area contributed by atoms with Crippen LogP contribution in [0.4, 0.5) is 0 Å². The number of nitrogens with zero attached hydrogens (tertiary/aromatic N) is 2. The SMILES string of the molecule is C=CS(=O)(=O)N1CCC2(CC1)N=C(C1CCC(C)CC1)NC2=O. The molecule has 128 valence electrons. The molecule has 1 aliphatic carbocycles. The first-order valence-electron chi connectivity index (χ1n) is 8.40. The monoisotopic (exact) mass is 339 g/mol. The summed E-state index contributed by atoms with van der Waals surface area (Å²) in [6.45, 7) is 6.26. The Bertz CT molecular complexity index is 625. The molecule has 0 aromatic heterocycles. The molecule has 0 aromatic carbocycles. The molecule has 6 nitrogen and oxygen atoms in total. The molecular weight excluding hydrogens is 314 g/mol. The van der Waals surface area contributed by atoms with Gasteiger partial charge in [-0.2, -0.15) is 4.31 Å². The van der Waals surface area contributed by atoms with Crippen LogP contribution < -0.4 is 5.32 Å². The third-order valence-corrected chi connectivity index (χ3v) is 7.03. The van der Waals surface area contributed by atoms with Crippen LogP contribution >= 0.6 is 0 Å². The number of carbonyl (C=O) groups excluding carboxylic acids is 1. The molecule has 1 spiro atoms. The highest BCUT2D eigenvalue weighted by Gasteiger charge is 2.48. The van der Waals surface area contributed by atoms with Crippen molar-refractivity contribution in [2.24, 2.45) is 16.8 Å². The Hall–Kier alpha value is -1.21. The van der Waals surface area contributed by atoms with Crippen molar-refractivity contribution in [3.63, 3.8) is 0 Å². The number of amides is 1. The maximum Gasteiger partial charge on any atom is 0.253 e. The van der Waals surface area contributed by atoms with Crippen molar-refractivity contribution in [1.29, 1.82) is 0 Å². The predicted octanol–water partition coefficient (Wildman–Crippen LogP) is 1.65. The van der Waals surface area contributed by atoms with E-state index in [-0.39, 0.29) is 5.91 Å². The van der Waals surface area contributed by atoms with Crippen molar-refractivity contribution in [3.8, 4) is 0 Å². The van der Waals surface area contributed by atoms with Crippen molar-refractivity contribution < 1.29 is 13.2 Å². The maximum absolute atomic E-state index is 12.5. The number of aliphatic imine (C=N–C) groups is 1. The average molecular weight is 339 g/mol. The number of hydrogen-bond acceptors (Lipinski definition) is 4. The quantitative estimate of drug-likeness (QED) is 0.849. The van der Waals surface area contributed by atoms with E-state index in [9.17, 15) is 13.2 Å². The summed E-state index contributed by atoms with van der Waals surface area (Å²) in [5.74, 6) is 1.89. The summed E-state index contributed by atoms with van der Waals surface area (Å²) < 4.78 is 25.1. The Morgan fingerprint density at radius 3 is 2.43 bits per heavy atom. The molecule has 2 fully saturated rings. The number of piperidine rings is 1. The second-order valence-electron chi connectivity index (χ2n) is 7.05. The summed E-state index contributed by atoms with van der Waals surface area (Å²) in [4.78, 5) is 17.2. The second kappa shape index (κ2) is 6.02. The van der Waals surface area contributed by atoms with Gasteiger partial charge in [-0.05, 0) is 31.6 Å². The first-order valence-corrected chi connectivity index (χ1v) is 9.90. The van der Waals surface area contributed by atoms with E-state index in [1.807, 2.05) is 0 Å². The van der Waals surface area contributed by atoms with Gasteiger partial charge in [0.15, 0.2) is 0 Å². The van der Waals surface area contributed by atoms with Gasteiger partial charge in [-0.3, -0.25) is 9.79 Å². The fourth-order valence-corrected chi connectivity index (χ4v) is 4.73. The van der Waals surface area contributed by atoms with E-state index in [4.69, 9.17) is 4.99 Å². The largest absolute Gasteiger partial charge is 0.312 e. The molecule has 3 rings (SSSR count). The summed E-state index contributed by atoms with van der Waals surface area (Å²) in [6.07, 6.45) is 5.40. The number of hydrogen-bond donors (Lipinski definition) is 1. The lowest BCUT2D eigenvalue weighted by Gasteiger charge is -2.34. The number of amidine groups is 1. The van der Waals surface area contributed by atoms with E-state index >= 15 is 0 Å². The topological polar surface area (TPSA) is 78.8 Å². The molecule has 1 saturated carbocycles. The van der Waals surface area contributed by atoms with E-state index in [1.165, 1.54) is 17.1 Å². The Balaban J connectivity index is 1.71. The minimum Gasteiger partial charge on any atom is -0.312 e. The maximum atomic E-state index is 12.5. The zero-order valence-electron chi connectivity index (χ0n) is 13.6. The second-order valence-corrected chi connectivity index (χ2v) is 8.93. The van der Waals surface area contributed by atoms with Crippen LogP contribution in [0, 0.1) is 11.8 Å². The van der Waals surface area contributed by atoms with E-state index in [1.54, 1.807) is 0 Å². The van der Waals surface area contributed by atoms with Crippen molar-refractivity contribution in [2.75, 3.05) is 13.1 Å². The molecule has 23 heavy (non-hydrogen) atoms. The van der Waals surface area contributed by atoms with Crippen LogP contribution in [-0.4, -0.2) is 43.1 Å². The average Bonchev–Trinajstić information content (AvgIpc) is 2.85. The minimum absolute atomic E-state index is 0.0539. The van der Waals surface area contributed by atoms with Crippen LogP contribution in [0.15, 0.2) is 17.0 Å². The highest BCUT2D eigenvalue weighted by Crippen LogP contribution is 2.35. The molecule has 1 amide bonds. The molecule has 0 unspecified atom stereocenters. The smallest absolute Gasteiger partial charge is 0.253 e. The molecule has 0 aromatic rings. The van der Waals surface area contributed by atoms with Gasteiger partial charge in [-0.1, -0.05) is 26.3 Å². The third-order valence-electron chi connectivity index (χ3n) is 5.52. The molecule has 0 atom stereocenters. The first-order chi connectivity index (χ1) is 10.9. The molecule has 2 heterocycles. The van der Waals surface area contributed by atoms with E-state index in [0.717, 1.165) is 30.0 Å². The Labute approximate surface area is 138 Å². The van der Waals surface area contributed by atoms with Crippen molar-refractivity contribution in [1.82, 2.24) is 9.62 Å². The van der Waals surface area contributed by atoms with Gasteiger partial charge in [0.1, 0.15) is 11.4 Å². The Morgan fingerprint density at radius 2 is 1.87 bits per heavy atom. The zero-order chi connectivity index (χ0) is 16.7. The lowest BCUT2D eigenvalue weighted by Crippen LogP contribution is -2.50. The molecule has 1 saturated heterocycles. The van der Waals surface area contributed by atoms with Gasteiger partial charge in [-0.15, -0.1) is 0 Å².